The maximum absolute atomic E-state index is 8.38. The van der Waals surface area contributed by atoms with Crippen LogP contribution in [0.5, 0.6) is 0 Å². The van der Waals surface area contributed by atoms with Crippen molar-refractivity contribution in [2.24, 2.45) is 0 Å². The van der Waals surface area contributed by atoms with Crippen molar-refractivity contribution in [3.63, 3.8) is 0 Å². The van der Waals surface area contributed by atoms with E-state index in [0.29, 0.717) is 0 Å². The Morgan fingerprint density at radius 3 is 1.25 bits per heavy atom. The van der Waals surface area contributed by atoms with Crippen molar-refractivity contribution in [3.05, 3.63) is 0 Å². The van der Waals surface area contributed by atoms with Gasteiger partial charge in [0.1, 0.15) is 0 Å². The Morgan fingerprint density at radius 1 is 1.25 bits per heavy atom. The van der Waals surface area contributed by atoms with Crippen LogP contribution in [0.25, 0.3) is 0 Å². The number of hydrogen-bond acceptors (Lipinski definition) is 2. The Labute approximate surface area is 43.1 Å². The molecule has 0 atom stereocenters. The Hall–Kier alpha value is 0.808. The summed E-state index contributed by atoms with van der Waals surface area (Å²) in [5, 5.41) is 0. The van der Waals surface area contributed by atoms with E-state index in [1.165, 1.54) is 0 Å². The van der Waals surface area contributed by atoms with E-state index in [1.54, 1.807) is 0 Å². The molecule has 0 aromatic carbocycles. The molecule has 0 aliphatic rings. The first-order valence-corrected chi connectivity index (χ1v) is 2.25. The van der Waals surface area contributed by atoms with Crippen LogP contribution in [0.4, 0.5) is 0 Å². The molecular weight excluding hydrogens is 148 g/mol. The molecule has 0 N–H and O–H groups in total. The SMILES string of the molecule is [O]=[V].[O]=[Zn]. The second kappa shape index (κ2) is 46.0. The van der Waals surface area contributed by atoms with Gasteiger partial charge >= 0.3 is 42.9 Å². The Kier molecular flexibility index (Phi) is 102. The van der Waals surface area contributed by atoms with Crippen molar-refractivity contribution in [2.45, 2.75) is 0 Å². The van der Waals surface area contributed by atoms with E-state index in [2.05, 4.69) is 0 Å². The summed E-state index contributed by atoms with van der Waals surface area (Å²) >= 11 is 1.19. The molecule has 0 bridgehead atoms. The van der Waals surface area contributed by atoms with Gasteiger partial charge in [-0.25, -0.2) is 0 Å². The Bertz CT molecular complexity index is 8.00. The second-order valence-electron chi connectivity index (χ2n) is 0. The Morgan fingerprint density at radius 2 is 1.25 bits per heavy atom. The van der Waals surface area contributed by atoms with Gasteiger partial charge in [0, 0.05) is 0 Å². The van der Waals surface area contributed by atoms with Crippen LogP contribution in [0.1, 0.15) is 0 Å². The van der Waals surface area contributed by atoms with Crippen molar-refractivity contribution in [1.29, 1.82) is 0 Å². The van der Waals surface area contributed by atoms with E-state index in [9.17, 15) is 0 Å². The third-order valence-electron chi connectivity index (χ3n) is 0. The molecule has 0 saturated carbocycles. The van der Waals surface area contributed by atoms with Crippen LogP contribution in [0.3, 0.4) is 0 Å². The summed E-state index contributed by atoms with van der Waals surface area (Å²) in [5.41, 5.74) is 0. The fourth-order valence-electron chi connectivity index (χ4n) is 0. The van der Waals surface area contributed by atoms with Crippen LogP contribution in [0.2, 0.25) is 0 Å². The van der Waals surface area contributed by atoms with Crippen molar-refractivity contribution in [3.8, 4) is 0 Å². The minimum absolute atomic E-state index is 0.125. The zero-order valence-electron chi connectivity index (χ0n) is 1.97. The van der Waals surface area contributed by atoms with Crippen molar-refractivity contribution in [1.82, 2.24) is 0 Å². The first kappa shape index (κ1) is 8.84. The maximum atomic E-state index is 8.38. The summed E-state index contributed by atoms with van der Waals surface area (Å²) in [7, 11) is 0. The summed E-state index contributed by atoms with van der Waals surface area (Å²) in [5.74, 6) is 0. The summed E-state index contributed by atoms with van der Waals surface area (Å²) in [6.45, 7) is 0. The van der Waals surface area contributed by atoms with Crippen LogP contribution < -0.4 is 0 Å². The molecule has 0 rings (SSSR count). The predicted octanol–water partition coefficient (Wildman–Crippen LogP) is -0.243. The van der Waals surface area contributed by atoms with Gasteiger partial charge in [-0.1, -0.05) is 0 Å². The van der Waals surface area contributed by atoms with Gasteiger partial charge in [0.15, 0.2) is 0 Å². The molecule has 0 aliphatic heterocycles. The topological polar surface area (TPSA) is 34.1 Å². The quantitative estimate of drug-likeness (QED) is 0.444. The molecule has 0 fully saturated rings. The van der Waals surface area contributed by atoms with Gasteiger partial charge in [-0.2, -0.15) is 0 Å². The van der Waals surface area contributed by atoms with E-state index in [-0.39, 0.29) is 18.3 Å². The van der Waals surface area contributed by atoms with E-state index >= 15 is 0 Å². The zero-order valence-corrected chi connectivity index (χ0v) is 6.33. The fourth-order valence-corrected chi connectivity index (χ4v) is 0. The van der Waals surface area contributed by atoms with Gasteiger partial charge in [0.05, 0.1) is 0 Å². The average molecular weight is 148 g/mol. The summed E-state index contributed by atoms with van der Waals surface area (Å²) in [4.78, 5) is 0. The summed E-state index contributed by atoms with van der Waals surface area (Å²) in [6.07, 6.45) is 0. The van der Waals surface area contributed by atoms with Gasteiger partial charge in [-0.3, -0.25) is 0 Å². The molecule has 0 unspecified atom stereocenters. The third kappa shape index (κ3) is 14.1. The van der Waals surface area contributed by atoms with Gasteiger partial charge in [0.2, 0.25) is 0 Å². The predicted molar refractivity (Wildman–Crippen MR) is 1.37 cm³/mol. The molecule has 0 radical (unpaired) electrons. The van der Waals surface area contributed by atoms with Crippen LogP contribution in [0.15, 0.2) is 0 Å². The average Bonchev–Trinajstić information content (AvgIpc) is 1.50. The molecule has 0 aromatic rings. The monoisotopic (exact) mass is 147 g/mol. The van der Waals surface area contributed by atoms with Gasteiger partial charge in [-0.15, -0.1) is 0 Å². The van der Waals surface area contributed by atoms with Crippen LogP contribution in [-0.2, 0) is 42.9 Å². The van der Waals surface area contributed by atoms with E-state index in [4.69, 9.17) is 7.25 Å². The van der Waals surface area contributed by atoms with Crippen LogP contribution >= 0.6 is 0 Å². The van der Waals surface area contributed by atoms with Crippen molar-refractivity contribution >= 4 is 0 Å². The number of hydrogen-bond donors (Lipinski definition) is 0. The van der Waals surface area contributed by atoms with Crippen molar-refractivity contribution in [2.75, 3.05) is 0 Å². The van der Waals surface area contributed by atoms with Crippen LogP contribution in [0, 0.1) is 0 Å². The molecule has 0 spiro atoms. The Balaban J connectivity index is 0. The standard InChI is InChI=1S/2O.V.Zn. The molecule has 4 heavy (non-hydrogen) atoms. The fraction of sp³-hybridized carbons (Fsp3) is 0. The molecule has 0 aliphatic carbocycles. The molecule has 4 heteroatoms. The summed E-state index contributed by atoms with van der Waals surface area (Å²) in [6, 6.07) is 0. The molecular formula is O2VZn. The first-order chi connectivity index (χ1) is 2.00. The normalized spacial score (nSPS) is 2.25. The van der Waals surface area contributed by atoms with E-state index in [1.807, 2.05) is 0 Å². The zero-order chi connectivity index (χ0) is 4.00. The minimum atomic E-state index is 0.125. The molecule has 19 valence electrons. The van der Waals surface area contributed by atoms with Crippen molar-refractivity contribution < 1.29 is 42.9 Å². The number of rotatable bonds is 0. The van der Waals surface area contributed by atoms with E-state index in [0.717, 1.165) is 17.4 Å². The molecule has 2 nitrogen and oxygen atoms in total. The third-order valence-corrected chi connectivity index (χ3v) is 0. The summed E-state index contributed by atoms with van der Waals surface area (Å²) < 4.78 is 16.6. The molecule has 0 aromatic heterocycles. The van der Waals surface area contributed by atoms with Gasteiger partial charge in [0.25, 0.3) is 0 Å². The van der Waals surface area contributed by atoms with Crippen LogP contribution in [-0.4, -0.2) is 0 Å². The molecule has 0 saturated heterocycles. The second-order valence-corrected chi connectivity index (χ2v) is 0. The van der Waals surface area contributed by atoms with E-state index < -0.39 is 0 Å². The van der Waals surface area contributed by atoms with Gasteiger partial charge < -0.3 is 0 Å². The molecule has 0 heterocycles. The molecule has 0 amide bonds. The van der Waals surface area contributed by atoms with Gasteiger partial charge in [-0.05, 0) is 0 Å². The first-order valence-electron chi connectivity index (χ1n) is 0.471.